The van der Waals surface area contributed by atoms with Crippen LogP contribution in [-0.4, -0.2) is 35.2 Å². The largest absolute Gasteiger partial charge is 0.497 e. The van der Waals surface area contributed by atoms with E-state index in [1.54, 1.807) is 22.9 Å². The van der Waals surface area contributed by atoms with Crippen LogP contribution in [0.1, 0.15) is 17.5 Å². The van der Waals surface area contributed by atoms with Crippen molar-refractivity contribution in [2.75, 3.05) is 23.9 Å². The summed E-state index contributed by atoms with van der Waals surface area (Å²) in [6, 6.07) is 14.8. The molecule has 2 aromatic carbocycles. The van der Waals surface area contributed by atoms with Crippen LogP contribution in [0.15, 0.2) is 54.7 Å². The van der Waals surface area contributed by atoms with E-state index >= 15 is 0 Å². The van der Waals surface area contributed by atoms with Crippen molar-refractivity contribution in [3.05, 3.63) is 65.9 Å². The third-order valence-corrected chi connectivity index (χ3v) is 5.74. The molecule has 0 aliphatic carbocycles. The van der Waals surface area contributed by atoms with Gasteiger partial charge in [0.1, 0.15) is 17.0 Å². The van der Waals surface area contributed by atoms with E-state index in [1.807, 2.05) is 48.5 Å². The smallest absolute Gasteiger partial charge is 0.243 e. The number of fused-ring (bicyclic) bond motifs is 4. The highest BCUT2D eigenvalue weighted by Crippen LogP contribution is 2.52. The molecule has 1 spiro atoms. The molecule has 2 amide bonds. The Morgan fingerprint density at radius 1 is 1.17 bits per heavy atom. The molecule has 0 fully saturated rings. The van der Waals surface area contributed by atoms with Crippen LogP contribution < -0.4 is 15.0 Å². The fraction of sp³-hybridized carbons (Fsp3) is 0.174. The first-order chi connectivity index (χ1) is 14.6. The number of para-hydroxylation sites is 1. The predicted octanol–water partition coefficient (Wildman–Crippen LogP) is 2.49. The van der Waals surface area contributed by atoms with Crippen LogP contribution >= 0.6 is 0 Å². The summed E-state index contributed by atoms with van der Waals surface area (Å²) in [5.41, 5.74) is 1.77. The summed E-state index contributed by atoms with van der Waals surface area (Å²) < 4.78 is 6.85. The van der Waals surface area contributed by atoms with Crippen molar-refractivity contribution in [2.45, 2.75) is 11.8 Å². The van der Waals surface area contributed by atoms with Crippen LogP contribution in [0.2, 0.25) is 0 Å². The Morgan fingerprint density at radius 3 is 2.67 bits per heavy atom. The van der Waals surface area contributed by atoms with Crippen molar-refractivity contribution < 1.29 is 14.3 Å². The second-order valence-electron chi connectivity index (χ2n) is 7.26. The molecule has 1 aromatic heterocycles. The number of carbonyl (C=O) groups excluding carboxylic acids is 2. The number of carbonyl (C=O) groups is 2. The minimum absolute atomic E-state index is 0.00518. The fourth-order valence-electron chi connectivity index (χ4n) is 4.42. The van der Waals surface area contributed by atoms with Gasteiger partial charge in [-0.3, -0.25) is 14.5 Å². The van der Waals surface area contributed by atoms with Crippen LogP contribution in [-0.2, 0) is 15.0 Å². The van der Waals surface area contributed by atoms with Gasteiger partial charge in [-0.25, -0.2) is 4.68 Å². The van der Waals surface area contributed by atoms with E-state index in [0.717, 1.165) is 16.9 Å². The van der Waals surface area contributed by atoms with Gasteiger partial charge in [0.15, 0.2) is 0 Å². The number of ether oxygens (including phenoxy) is 1. The number of amides is 2. The van der Waals surface area contributed by atoms with Gasteiger partial charge in [-0.2, -0.15) is 5.10 Å². The molecule has 1 atom stereocenters. The van der Waals surface area contributed by atoms with Crippen molar-refractivity contribution in [1.82, 2.24) is 9.78 Å². The molecule has 7 nitrogen and oxygen atoms in total. The van der Waals surface area contributed by atoms with Gasteiger partial charge in [0, 0.05) is 17.7 Å². The number of benzene rings is 2. The lowest BCUT2D eigenvalue weighted by Gasteiger charge is -2.32. The first kappa shape index (κ1) is 18.0. The third-order valence-electron chi connectivity index (χ3n) is 5.74. The molecule has 3 heterocycles. The molecule has 0 radical (unpaired) electrons. The summed E-state index contributed by atoms with van der Waals surface area (Å²) in [4.78, 5) is 28.0. The minimum Gasteiger partial charge on any atom is -0.497 e. The van der Waals surface area contributed by atoms with Gasteiger partial charge in [-0.15, -0.1) is 6.42 Å². The lowest BCUT2D eigenvalue weighted by molar-refractivity contribution is -0.126. The molecule has 30 heavy (non-hydrogen) atoms. The van der Waals surface area contributed by atoms with Crippen molar-refractivity contribution in [2.24, 2.45) is 0 Å². The zero-order chi connectivity index (χ0) is 20.9. The van der Waals surface area contributed by atoms with Crippen molar-refractivity contribution in [3.63, 3.8) is 0 Å². The van der Waals surface area contributed by atoms with Crippen molar-refractivity contribution >= 4 is 23.3 Å². The number of hydrogen-bond donors (Lipinski definition) is 1. The number of aromatic nitrogens is 2. The molecule has 1 N–H and O–H groups in total. The van der Waals surface area contributed by atoms with Crippen molar-refractivity contribution in [3.8, 4) is 23.8 Å². The molecule has 0 saturated heterocycles. The number of terminal acetylenes is 1. The second-order valence-corrected chi connectivity index (χ2v) is 7.26. The van der Waals surface area contributed by atoms with E-state index < -0.39 is 5.41 Å². The zero-order valence-electron chi connectivity index (χ0n) is 16.3. The Balaban J connectivity index is 1.72. The molecule has 2 aliphatic heterocycles. The van der Waals surface area contributed by atoms with E-state index in [2.05, 4.69) is 16.3 Å². The molecule has 0 unspecified atom stereocenters. The van der Waals surface area contributed by atoms with Gasteiger partial charge in [-0.1, -0.05) is 24.1 Å². The SMILES string of the molecule is C#CCN1C(=O)[C@]2(CC(=O)Nc3c2cnn3-c2ccc(OC)cc2)c2ccccc21. The number of nitrogens with one attached hydrogen (secondary N) is 1. The summed E-state index contributed by atoms with van der Waals surface area (Å²) in [5.74, 6) is 3.30. The predicted molar refractivity (Wildman–Crippen MR) is 112 cm³/mol. The number of anilines is 2. The number of hydrogen-bond acceptors (Lipinski definition) is 4. The Bertz CT molecular complexity index is 1220. The lowest BCUT2D eigenvalue weighted by atomic mass is 9.72. The Morgan fingerprint density at radius 2 is 1.93 bits per heavy atom. The molecule has 0 bridgehead atoms. The molecule has 3 aromatic rings. The minimum atomic E-state index is -1.14. The van der Waals surface area contributed by atoms with E-state index in [9.17, 15) is 9.59 Å². The van der Waals surface area contributed by atoms with Crippen LogP contribution in [0, 0.1) is 12.3 Å². The second kappa shape index (κ2) is 6.49. The summed E-state index contributed by atoms with van der Waals surface area (Å²) in [6.45, 7) is 0.140. The third kappa shape index (κ3) is 2.31. The zero-order valence-corrected chi connectivity index (χ0v) is 16.3. The average molecular weight is 398 g/mol. The monoisotopic (exact) mass is 398 g/mol. The average Bonchev–Trinajstić information content (AvgIpc) is 3.29. The molecule has 5 rings (SSSR count). The topological polar surface area (TPSA) is 76.5 Å². The molecule has 148 valence electrons. The summed E-state index contributed by atoms with van der Waals surface area (Å²) in [7, 11) is 1.60. The Hall–Kier alpha value is -4.05. The quantitative estimate of drug-likeness (QED) is 0.688. The van der Waals surface area contributed by atoms with E-state index in [4.69, 9.17) is 11.2 Å². The molecule has 2 aliphatic rings. The van der Waals surface area contributed by atoms with Crippen LogP contribution in [0.3, 0.4) is 0 Å². The maximum atomic E-state index is 13.7. The highest BCUT2D eigenvalue weighted by Gasteiger charge is 2.56. The normalized spacial score (nSPS) is 19.3. The van der Waals surface area contributed by atoms with E-state index in [1.165, 1.54) is 0 Å². The van der Waals surface area contributed by atoms with Crippen LogP contribution in [0.25, 0.3) is 5.69 Å². The highest BCUT2D eigenvalue weighted by molar-refractivity contribution is 6.16. The highest BCUT2D eigenvalue weighted by atomic mass is 16.5. The molecular weight excluding hydrogens is 380 g/mol. The van der Waals surface area contributed by atoms with Crippen LogP contribution in [0.4, 0.5) is 11.5 Å². The van der Waals surface area contributed by atoms with Gasteiger partial charge in [0.2, 0.25) is 11.8 Å². The first-order valence-corrected chi connectivity index (χ1v) is 9.48. The van der Waals surface area contributed by atoms with E-state index in [0.29, 0.717) is 17.1 Å². The van der Waals surface area contributed by atoms with Gasteiger partial charge in [0.05, 0.1) is 25.5 Å². The summed E-state index contributed by atoms with van der Waals surface area (Å²) in [5, 5.41) is 7.41. The maximum Gasteiger partial charge on any atom is 0.243 e. The number of methoxy groups -OCH3 is 1. The molecule has 0 saturated carbocycles. The van der Waals surface area contributed by atoms with Gasteiger partial charge in [0.25, 0.3) is 0 Å². The molecular formula is C23H18N4O3. The summed E-state index contributed by atoms with van der Waals surface area (Å²) in [6.07, 6.45) is 7.19. The van der Waals surface area contributed by atoms with Crippen LogP contribution in [0.5, 0.6) is 5.75 Å². The fourth-order valence-corrected chi connectivity index (χ4v) is 4.42. The van der Waals surface area contributed by atoms with Gasteiger partial charge in [-0.05, 0) is 35.9 Å². The summed E-state index contributed by atoms with van der Waals surface area (Å²) >= 11 is 0. The van der Waals surface area contributed by atoms with Crippen molar-refractivity contribution in [1.29, 1.82) is 0 Å². The Labute approximate surface area is 173 Å². The Kier molecular flexibility index (Phi) is 3.90. The standard InChI is InChI=1S/C23H18N4O3/c1-3-12-26-19-7-5-4-6-17(19)23(22(26)29)13-20(28)25-21-18(23)14-24-27(21)15-8-10-16(30-2)11-9-15/h1,4-11,14H,12-13H2,2H3,(H,25,28)/t23-/m1/s1. The maximum absolute atomic E-state index is 13.7. The van der Waals surface area contributed by atoms with E-state index in [-0.39, 0.29) is 24.8 Å². The van der Waals surface area contributed by atoms with Gasteiger partial charge < -0.3 is 10.1 Å². The molecule has 7 heteroatoms. The first-order valence-electron chi connectivity index (χ1n) is 9.48. The lowest BCUT2D eigenvalue weighted by Crippen LogP contribution is -2.46. The number of rotatable bonds is 3. The van der Waals surface area contributed by atoms with Gasteiger partial charge >= 0.3 is 0 Å². The number of nitrogens with zero attached hydrogens (tertiary/aromatic N) is 3.